The molecule has 0 aromatic rings. The van der Waals surface area contributed by atoms with Crippen LogP contribution in [0.2, 0.25) is 0 Å². The molecule has 2 nitrogen and oxygen atoms in total. The lowest BCUT2D eigenvalue weighted by Gasteiger charge is -2.30. The van der Waals surface area contributed by atoms with E-state index in [0.717, 1.165) is 6.42 Å². The lowest BCUT2D eigenvalue weighted by Crippen LogP contribution is -2.42. The monoisotopic (exact) mass is 148 g/mol. The first-order chi connectivity index (χ1) is 4.70. The second-order valence-electron chi connectivity index (χ2n) is 2.25. The van der Waals surface area contributed by atoms with Gasteiger partial charge in [0.05, 0.1) is 6.42 Å². The van der Waals surface area contributed by atoms with Crippen molar-refractivity contribution in [1.82, 2.24) is 4.90 Å². The molecule has 1 radical (unpaired) electrons. The number of halogens is 2. The van der Waals surface area contributed by atoms with Crippen LogP contribution in [-0.2, 0) is 4.79 Å². The summed E-state index contributed by atoms with van der Waals surface area (Å²) in [6.45, 7) is 1.29. The number of carbonyl (C=O) groups excluding carboxylic acids is 1. The van der Waals surface area contributed by atoms with Gasteiger partial charge in [0.1, 0.15) is 0 Å². The van der Waals surface area contributed by atoms with Gasteiger partial charge in [0.25, 0.3) is 0 Å². The number of rotatable bonds is 2. The minimum atomic E-state index is -1.79. The third-order valence-electron chi connectivity index (χ3n) is 1.49. The lowest BCUT2D eigenvalue weighted by atomic mass is 10.2. The standard InChI is InChI=1S/C6H8F2NO/c7-5(8)4-6(10)9-2-1-3-9/h1-4H2. The Kier molecular flexibility index (Phi) is 2.19. The summed E-state index contributed by atoms with van der Waals surface area (Å²) in [5, 5.41) is 0. The van der Waals surface area contributed by atoms with Crippen LogP contribution < -0.4 is 0 Å². The molecule has 0 aliphatic carbocycles. The van der Waals surface area contributed by atoms with Gasteiger partial charge in [-0.3, -0.25) is 4.79 Å². The van der Waals surface area contributed by atoms with Crippen LogP contribution in [-0.4, -0.2) is 23.9 Å². The Morgan fingerprint density at radius 3 is 2.30 bits per heavy atom. The van der Waals surface area contributed by atoms with E-state index in [1.54, 1.807) is 0 Å². The maximum Gasteiger partial charge on any atom is 0.319 e. The Morgan fingerprint density at radius 1 is 1.40 bits per heavy atom. The molecule has 1 amide bonds. The molecule has 57 valence electrons. The highest BCUT2D eigenvalue weighted by Crippen LogP contribution is 2.14. The summed E-state index contributed by atoms with van der Waals surface area (Å²) in [5.74, 6) is -0.453. The fourth-order valence-corrected chi connectivity index (χ4v) is 0.792. The largest absolute Gasteiger partial charge is 0.342 e. The summed E-state index contributed by atoms with van der Waals surface area (Å²) in [6.07, 6.45) is -1.54. The van der Waals surface area contributed by atoms with Crippen LogP contribution in [0.5, 0.6) is 0 Å². The van der Waals surface area contributed by atoms with Crippen molar-refractivity contribution in [2.75, 3.05) is 13.1 Å². The zero-order chi connectivity index (χ0) is 7.56. The first kappa shape index (κ1) is 7.44. The molecular weight excluding hydrogens is 140 g/mol. The second-order valence-corrected chi connectivity index (χ2v) is 2.25. The van der Waals surface area contributed by atoms with Gasteiger partial charge >= 0.3 is 6.43 Å². The van der Waals surface area contributed by atoms with Gasteiger partial charge in [0, 0.05) is 13.1 Å². The maximum absolute atomic E-state index is 11.5. The van der Waals surface area contributed by atoms with E-state index < -0.39 is 18.8 Å². The average molecular weight is 148 g/mol. The zero-order valence-electron chi connectivity index (χ0n) is 5.44. The topological polar surface area (TPSA) is 20.3 Å². The molecule has 4 heteroatoms. The number of hydrogen-bond acceptors (Lipinski definition) is 1. The van der Waals surface area contributed by atoms with Crippen LogP contribution in [0.1, 0.15) is 12.8 Å². The normalized spacial score (nSPS) is 17.3. The number of hydrogen-bond donors (Lipinski definition) is 0. The molecule has 0 aromatic carbocycles. The third-order valence-corrected chi connectivity index (χ3v) is 1.49. The summed E-state index contributed by atoms with van der Waals surface area (Å²) >= 11 is 0. The van der Waals surface area contributed by atoms with E-state index in [2.05, 4.69) is 0 Å². The Bertz CT molecular complexity index is 134. The molecule has 1 aliphatic rings. The molecule has 0 spiro atoms. The Morgan fingerprint density at radius 2 is 2.00 bits per heavy atom. The molecule has 1 aliphatic heterocycles. The zero-order valence-corrected chi connectivity index (χ0v) is 5.44. The van der Waals surface area contributed by atoms with Crippen molar-refractivity contribution in [1.29, 1.82) is 0 Å². The van der Waals surface area contributed by atoms with E-state index >= 15 is 0 Å². The Labute approximate surface area is 57.8 Å². The van der Waals surface area contributed by atoms with E-state index in [1.807, 2.05) is 0 Å². The molecule has 0 bridgehead atoms. The van der Waals surface area contributed by atoms with Crippen molar-refractivity contribution in [3.8, 4) is 0 Å². The summed E-state index contributed by atoms with van der Waals surface area (Å²) in [7, 11) is 0. The maximum atomic E-state index is 11.5. The van der Waals surface area contributed by atoms with Crippen LogP contribution >= 0.6 is 0 Å². The molecule has 10 heavy (non-hydrogen) atoms. The molecule has 0 saturated carbocycles. The molecule has 0 N–H and O–H groups in total. The molecule has 1 fully saturated rings. The fraction of sp³-hybridized carbons (Fsp3) is 0.667. The highest BCUT2D eigenvalue weighted by Gasteiger charge is 2.23. The molecule has 0 atom stereocenters. The quantitative estimate of drug-likeness (QED) is 0.572. The fourth-order valence-electron chi connectivity index (χ4n) is 0.792. The average Bonchev–Trinajstić information content (AvgIpc) is 1.55. The molecule has 1 heterocycles. The van der Waals surface area contributed by atoms with Crippen molar-refractivity contribution >= 4 is 5.91 Å². The SMILES string of the molecule is O=C(C[C](F)F)N1CCC1. The molecular formula is C6H8F2NO. The van der Waals surface area contributed by atoms with E-state index in [-0.39, 0.29) is 0 Å². The van der Waals surface area contributed by atoms with Gasteiger partial charge in [-0.1, -0.05) is 0 Å². The number of likely N-dealkylation sites (tertiary alicyclic amines) is 1. The van der Waals surface area contributed by atoms with Crippen molar-refractivity contribution in [3.63, 3.8) is 0 Å². The number of carbonyl (C=O) groups is 1. The van der Waals surface area contributed by atoms with Crippen molar-refractivity contribution in [2.24, 2.45) is 0 Å². The van der Waals surface area contributed by atoms with Gasteiger partial charge in [-0.25, -0.2) is 0 Å². The van der Waals surface area contributed by atoms with Gasteiger partial charge < -0.3 is 4.90 Å². The first-order valence-corrected chi connectivity index (χ1v) is 3.15. The van der Waals surface area contributed by atoms with Crippen LogP contribution in [0.25, 0.3) is 0 Å². The summed E-state index contributed by atoms with van der Waals surface area (Å²) in [5.41, 5.74) is 0. The van der Waals surface area contributed by atoms with Gasteiger partial charge in [0.15, 0.2) is 0 Å². The highest BCUT2D eigenvalue weighted by atomic mass is 19.3. The molecule has 1 rings (SSSR count). The van der Waals surface area contributed by atoms with E-state index in [4.69, 9.17) is 0 Å². The molecule has 0 aromatic heterocycles. The molecule has 1 saturated heterocycles. The van der Waals surface area contributed by atoms with Crippen LogP contribution in [0.15, 0.2) is 0 Å². The van der Waals surface area contributed by atoms with Crippen LogP contribution in [0, 0.1) is 6.43 Å². The number of amides is 1. The Hall–Kier alpha value is -0.670. The number of nitrogens with zero attached hydrogens (tertiary/aromatic N) is 1. The van der Waals surface area contributed by atoms with Gasteiger partial charge in [-0.2, -0.15) is 8.78 Å². The summed E-state index contributed by atoms with van der Waals surface area (Å²) in [6, 6.07) is 0. The van der Waals surface area contributed by atoms with Crippen molar-refractivity contribution < 1.29 is 13.6 Å². The molecule has 0 unspecified atom stereocenters. The van der Waals surface area contributed by atoms with E-state index in [9.17, 15) is 13.6 Å². The van der Waals surface area contributed by atoms with Crippen LogP contribution in [0.4, 0.5) is 8.78 Å². The van der Waals surface area contributed by atoms with Gasteiger partial charge in [-0.05, 0) is 6.42 Å². The minimum absolute atomic E-state index is 0.453. The summed E-state index contributed by atoms with van der Waals surface area (Å²) in [4.78, 5) is 12.1. The van der Waals surface area contributed by atoms with Crippen molar-refractivity contribution in [3.05, 3.63) is 6.43 Å². The predicted octanol–water partition coefficient (Wildman–Crippen LogP) is 1.04. The smallest absolute Gasteiger partial charge is 0.319 e. The van der Waals surface area contributed by atoms with Crippen LogP contribution in [0.3, 0.4) is 0 Å². The lowest BCUT2D eigenvalue weighted by molar-refractivity contribution is -0.135. The van der Waals surface area contributed by atoms with E-state index in [1.165, 1.54) is 4.90 Å². The third kappa shape index (κ3) is 1.65. The van der Waals surface area contributed by atoms with Gasteiger partial charge in [0.2, 0.25) is 5.91 Å². The Balaban J connectivity index is 2.20. The van der Waals surface area contributed by atoms with E-state index in [0.29, 0.717) is 13.1 Å². The van der Waals surface area contributed by atoms with Crippen molar-refractivity contribution in [2.45, 2.75) is 12.8 Å². The first-order valence-electron chi connectivity index (χ1n) is 3.15. The summed E-state index contributed by atoms with van der Waals surface area (Å²) < 4.78 is 23.0. The second kappa shape index (κ2) is 2.94. The predicted molar refractivity (Wildman–Crippen MR) is 31.3 cm³/mol. The minimum Gasteiger partial charge on any atom is -0.342 e. The van der Waals surface area contributed by atoms with Gasteiger partial charge in [-0.15, -0.1) is 0 Å². The highest BCUT2D eigenvalue weighted by molar-refractivity contribution is 5.78.